The summed E-state index contributed by atoms with van der Waals surface area (Å²) in [6.45, 7) is 0.778. The number of aromatic nitrogens is 2. The molecule has 0 bridgehead atoms. The van der Waals surface area contributed by atoms with Gasteiger partial charge in [0, 0.05) is 12.6 Å². The zero-order valence-corrected chi connectivity index (χ0v) is 11.6. The molecule has 1 amide bonds. The summed E-state index contributed by atoms with van der Waals surface area (Å²) in [4.78, 5) is 26.5. The highest BCUT2D eigenvalue weighted by Gasteiger charge is 2.59. The molecule has 1 aromatic rings. The van der Waals surface area contributed by atoms with Gasteiger partial charge in [0.25, 0.3) is 0 Å². The van der Waals surface area contributed by atoms with Gasteiger partial charge in [0.15, 0.2) is 6.10 Å². The van der Waals surface area contributed by atoms with Crippen LogP contribution in [0.5, 0.6) is 0 Å². The van der Waals surface area contributed by atoms with E-state index in [4.69, 9.17) is 9.84 Å². The summed E-state index contributed by atoms with van der Waals surface area (Å²) in [7, 11) is 0. The van der Waals surface area contributed by atoms with Crippen molar-refractivity contribution < 1.29 is 28.5 Å². The molecule has 1 aromatic heterocycles. The molecule has 3 N–H and O–H groups in total. The molecular formula is C12H15F2N3O5. The van der Waals surface area contributed by atoms with Crippen molar-refractivity contribution in [1.82, 2.24) is 9.55 Å². The Morgan fingerprint density at radius 1 is 1.59 bits per heavy atom. The SMILES string of the molecule is CCC(=O)Nc1ccn([C@@H]2O[C@H](CO)[C@@H](O)C2(F)F)c(=O)n1. The lowest BCUT2D eigenvalue weighted by Crippen LogP contribution is -2.41. The van der Waals surface area contributed by atoms with E-state index >= 15 is 0 Å². The minimum absolute atomic E-state index is 0.0753. The molecule has 0 unspecified atom stereocenters. The minimum Gasteiger partial charge on any atom is -0.394 e. The van der Waals surface area contributed by atoms with E-state index in [1.165, 1.54) is 0 Å². The number of halogens is 2. The van der Waals surface area contributed by atoms with Crippen molar-refractivity contribution in [3.63, 3.8) is 0 Å². The van der Waals surface area contributed by atoms with E-state index in [0.717, 1.165) is 12.3 Å². The molecule has 10 heteroatoms. The number of hydrogen-bond acceptors (Lipinski definition) is 6. The van der Waals surface area contributed by atoms with E-state index in [0.29, 0.717) is 4.57 Å². The fraction of sp³-hybridized carbons (Fsp3) is 0.583. The average molecular weight is 319 g/mol. The summed E-state index contributed by atoms with van der Waals surface area (Å²) < 4.78 is 33.2. The molecule has 1 saturated heterocycles. The van der Waals surface area contributed by atoms with Crippen LogP contribution in [0.4, 0.5) is 14.6 Å². The molecule has 3 atom stereocenters. The summed E-state index contributed by atoms with van der Waals surface area (Å²) in [5.41, 5.74) is -1.08. The van der Waals surface area contributed by atoms with Crippen molar-refractivity contribution in [1.29, 1.82) is 0 Å². The molecule has 0 radical (unpaired) electrons. The Balaban J connectivity index is 2.30. The van der Waals surface area contributed by atoms with Gasteiger partial charge in [-0.3, -0.25) is 9.36 Å². The molecule has 122 valence electrons. The van der Waals surface area contributed by atoms with E-state index < -0.39 is 36.7 Å². The molecule has 2 rings (SSSR count). The molecule has 0 spiro atoms. The highest BCUT2D eigenvalue weighted by Crippen LogP contribution is 2.41. The first kappa shape index (κ1) is 16.5. The third-order valence-corrected chi connectivity index (χ3v) is 3.23. The van der Waals surface area contributed by atoms with Gasteiger partial charge in [-0.15, -0.1) is 0 Å². The van der Waals surface area contributed by atoms with E-state index in [1.807, 2.05) is 0 Å². The van der Waals surface area contributed by atoms with Crippen LogP contribution < -0.4 is 11.0 Å². The summed E-state index contributed by atoms with van der Waals surface area (Å²) in [5, 5.41) is 20.6. The minimum atomic E-state index is -3.77. The number of aliphatic hydroxyl groups excluding tert-OH is 2. The molecule has 0 aromatic carbocycles. The second-order valence-electron chi connectivity index (χ2n) is 4.73. The summed E-state index contributed by atoms with van der Waals surface area (Å²) >= 11 is 0. The zero-order valence-electron chi connectivity index (χ0n) is 11.6. The van der Waals surface area contributed by atoms with Gasteiger partial charge in [0.05, 0.1) is 6.61 Å². The van der Waals surface area contributed by atoms with Gasteiger partial charge in [-0.05, 0) is 6.07 Å². The smallest absolute Gasteiger partial charge is 0.351 e. The van der Waals surface area contributed by atoms with Crippen LogP contribution in [0.1, 0.15) is 19.6 Å². The number of anilines is 1. The van der Waals surface area contributed by atoms with Crippen molar-refractivity contribution in [2.75, 3.05) is 11.9 Å². The Bertz CT molecular complexity index is 621. The molecule has 8 nitrogen and oxygen atoms in total. The maximum atomic E-state index is 13.9. The van der Waals surface area contributed by atoms with Gasteiger partial charge < -0.3 is 20.3 Å². The quantitative estimate of drug-likeness (QED) is 0.688. The molecular weight excluding hydrogens is 304 g/mol. The number of alkyl halides is 2. The Hall–Kier alpha value is -1.91. The van der Waals surface area contributed by atoms with Gasteiger partial charge in [-0.2, -0.15) is 13.8 Å². The second-order valence-corrected chi connectivity index (χ2v) is 4.73. The monoisotopic (exact) mass is 319 g/mol. The largest absolute Gasteiger partial charge is 0.394 e. The summed E-state index contributed by atoms with van der Waals surface area (Å²) in [5.74, 6) is -4.23. The van der Waals surface area contributed by atoms with Crippen LogP contribution in [0.2, 0.25) is 0 Å². The fourth-order valence-electron chi connectivity index (χ4n) is 2.01. The lowest BCUT2D eigenvalue weighted by atomic mass is 10.1. The molecule has 1 fully saturated rings. The van der Waals surface area contributed by atoms with Crippen LogP contribution >= 0.6 is 0 Å². The lowest BCUT2D eigenvalue weighted by molar-refractivity contribution is -0.141. The molecule has 2 heterocycles. The summed E-state index contributed by atoms with van der Waals surface area (Å²) in [6, 6.07) is 1.16. The number of rotatable bonds is 4. The number of aliphatic hydroxyl groups is 2. The van der Waals surface area contributed by atoms with E-state index in [9.17, 15) is 23.5 Å². The maximum absolute atomic E-state index is 13.9. The van der Waals surface area contributed by atoms with Crippen LogP contribution in [-0.2, 0) is 9.53 Å². The van der Waals surface area contributed by atoms with Gasteiger partial charge >= 0.3 is 11.6 Å². The first-order valence-corrected chi connectivity index (χ1v) is 6.52. The van der Waals surface area contributed by atoms with E-state index in [2.05, 4.69) is 10.3 Å². The lowest BCUT2D eigenvalue weighted by Gasteiger charge is -2.21. The maximum Gasteiger partial charge on any atom is 0.351 e. The summed E-state index contributed by atoms with van der Waals surface area (Å²) in [6.07, 6.45) is -4.69. The van der Waals surface area contributed by atoms with Crippen molar-refractivity contribution in [3.05, 3.63) is 22.7 Å². The standard InChI is InChI=1S/C12H15F2N3O5/c1-2-8(19)15-7-3-4-17(11(21)16-7)10-12(13,14)9(20)6(5-18)22-10/h3-4,6,9-10,18,20H,2,5H2,1H3,(H,15,16,19,21)/t6-,9-,10-/m1/s1. The average Bonchev–Trinajstić information content (AvgIpc) is 2.70. The third-order valence-electron chi connectivity index (χ3n) is 3.23. The number of amides is 1. The van der Waals surface area contributed by atoms with Gasteiger partial charge in [0.2, 0.25) is 12.1 Å². The number of nitrogens with one attached hydrogen (secondary N) is 1. The van der Waals surface area contributed by atoms with E-state index in [1.54, 1.807) is 6.92 Å². The predicted octanol–water partition coefficient (Wildman–Crippen LogP) is -0.522. The first-order valence-electron chi connectivity index (χ1n) is 6.52. The Morgan fingerprint density at radius 3 is 2.77 bits per heavy atom. The normalized spacial score (nSPS) is 26.9. The topological polar surface area (TPSA) is 114 Å². The van der Waals surface area contributed by atoms with Crippen LogP contribution in [0.3, 0.4) is 0 Å². The van der Waals surface area contributed by atoms with E-state index in [-0.39, 0.29) is 18.1 Å². The fourth-order valence-corrected chi connectivity index (χ4v) is 2.01. The predicted molar refractivity (Wildman–Crippen MR) is 69.4 cm³/mol. The molecule has 1 aliphatic rings. The second kappa shape index (κ2) is 6.07. The number of carbonyl (C=O) groups is 1. The number of carbonyl (C=O) groups excluding carboxylic acids is 1. The van der Waals surface area contributed by atoms with Crippen LogP contribution in [0, 0.1) is 0 Å². The van der Waals surface area contributed by atoms with Gasteiger partial charge in [-0.25, -0.2) is 4.79 Å². The van der Waals surface area contributed by atoms with Crippen LogP contribution in [0.15, 0.2) is 17.1 Å². The van der Waals surface area contributed by atoms with Crippen molar-refractivity contribution in [2.45, 2.75) is 37.7 Å². The number of hydrogen-bond donors (Lipinski definition) is 3. The van der Waals surface area contributed by atoms with Crippen molar-refractivity contribution >= 4 is 11.7 Å². The first-order chi connectivity index (χ1) is 10.3. The molecule has 0 aliphatic carbocycles. The van der Waals surface area contributed by atoms with Gasteiger partial charge in [-0.1, -0.05) is 6.92 Å². The zero-order chi connectivity index (χ0) is 16.5. The van der Waals surface area contributed by atoms with Crippen LogP contribution in [-0.4, -0.2) is 50.4 Å². The van der Waals surface area contributed by atoms with Crippen LogP contribution in [0.25, 0.3) is 0 Å². The van der Waals surface area contributed by atoms with Crippen molar-refractivity contribution in [3.8, 4) is 0 Å². The number of nitrogens with zero attached hydrogens (tertiary/aromatic N) is 2. The number of ether oxygens (including phenoxy) is 1. The Morgan fingerprint density at radius 2 is 2.27 bits per heavy atom. The molecule has 1 aliphatic heterocycles. The highest BCUT2D eigenvalue weighted by molar-refractivity contribution is 5.89. The Labute approximate surface area is 123 Å². The van der Waals surface area contributed by atoms with Crippen molar-refractivity contribution in [2.24, 2.45) is 0 Å². The van der Waals surface area contributed by atoms with Gasteiger partial charge in [0.1, 0.15) is 11.9 Å². The third kappa shape index (κ3) is 2.85. The highest BCUT2D eigenvalue weighted by atomic mass is 19.3. The molecule has 0 saturated carbocycles. The Kier molecular flexibility index (Phi) is 4.54. The molecule has 22 heavy (non-hydrogen) atoms.